The zero-order valence-electron chi connectivity index (χ0n) is 11.9. The topological polar surface area (TPSA) is 73.9 Å². The van der Waals surface area contributed by atoms with Gasteiger partial charge in [-0.25, -0.2) is 14.0 Å². The van der Waals surface area contributed by atoms with Crippen molar-refractivity contribution in [3.63, 3.8) is 0 Å². The molecule has 0 atom stereocenters. The molecule has 0 aliphatic rings. The summed E-state index contributed by atoms with van der Waals surface area (Å²) in [5, 5.41) is 2.32. The van der Waals surface area contributed by atoms with Crippen LogP contribution in [-0.2, 0) is 19.1 Å². The fourth-order valence-electron chi connectivity index (χ4n) is 1.39. The quantitative estimate of drug-likeness (QED) is 0.587. The molecule has 1 aromatic carbocycles. The smallest absolute Gasteiger partial charge is 0.387 e. The van der Waals surface area contributed by atoms with Crippen molar-refractivity contribution in [1.29, 1.82) is 0 Å². The fraction of sp³-hybridized carbons (Fsp3) is 0.231. The second-order valence-corrected chi connectivity index (χ2v) is 4.69. The summed E-state index contributed by atoms with van der Waals surface area (Å²) in [6.07, 6.45) is 0.753. The fourth-order valence-corrected chi connectivity index (χ4v) is 1.83. The summed E-state index contributed by atoms with van der Waals surface area (Å²) in [7, 11) is 2.14. The number of carbonyl (C=O) groups excluding carboxylic acids is 2. The van der Waals surface area contributed by atoms with Crippen molar-refractivity contribution >= 4 is 33.6 Å². The molecule has 0 bridgehead atoms. The Hall–Kier alpha value is -2.23. The van der Waals surface area contributed by atoms with Crippen LogP contribution in [0.4, 0.5) is 18.9 Å². The van der Waals surface area contributed by atoms with Crippen molar-refractivity contribution in [2.75, 3.05) is 19.5 Å². The SMILES string of the molecule is COC(=O)/C=C(/Nc1cc(Br)c(OC(F)F)cc1F)C(=O)OC. The van der Waals surface area contributed by atoms with Crippen LogP contribution in [0.2, 0.25) is 0 Å². The number of hydrogen-bond acceptors (Lipinski definition) is 6. The van der Waals surface area contributed by atoms with Crippen molar-refractivity contribution in [1.82, 2.24) is 0 Å². The van der Waals surface area contributed by atoms with Gasteiger partial charge in [0.25, 0.3) is 0 Å². The van der Waals surface area contributed by atoms with Gasteiger partial charge in [0.2, 0.25) is 0 Å². The highest BCUT2D eigenvalue weighted by atomic mass is 79.9. The number of halogens is 4. The summed E-state index contributed by atoms with van der Waals surface area (Å²) in [6.45, 7) is -3.13. The van der Waals surface area contributed by atoms with Gasteiger partial charge in [-0.3, -0.25) is 0 Å². The monoisotopic (exact) mass is 397 g/mol. The number of hydrogen-bond donors (Lipinski definition) is 1. The number of anilines is 1. The van der Waals surface area contributed by atoms with Gasteiger partial charge < -0.3 is 19.5 Å². The second kappa shape index (κ2) is 8.42. The molecule has 6 nitrogen and oxygen atoms in total. The lowest BCUT2D eigenvalue weighted by Crippen LogP contribution is -2.16. The molecule has 0 aliphatic heterocycles. The number of ether oxygens (including phenoxy) is 3. The average molecular weight is 398 g/mol. The van der Waals surface area contributed by atoms with E-state index in [4.69, 9.17) is 0 Å². The number of alkyl halides is 2. The van der Waals surface area contributed by atoms with Crippen LogP contribution >= 0.6 is 15.9 Å². The lowest BCUT2D eigenvalue weighted by molar-refractivity contribution is -0.138. The van der Waals surface area contributed by atoms with Crippen LogP contribution in [0.15, 0.2) is 28.4 Å². The largest absolute Gasteiger partial charge is 0.466 e. The molecule has 0 aromatic heterocycles. The maximum absolute atomic E-state index is 13.9. The number of benzene rings is 1. The third kappa shape index (κ3) is 5.47. The first-order chi connectivity index (χ1) is 10.8. The molecule has 0 radical (unpaired) electrons. The standard InChI is InChI=1S/C13H11BrF3NO5/c1-21-11(19)5-9(12(20)22-2)18-8-3-6(14)10(4-7(8)15)23-13(16)17/h3-5,13,18H,1-2H3/b9-5+. The van der Waals surface area contributed by atoms with Crippen LogP contribution in [0.3, 0.4) is 0 Å². The van der Waals surface area contributed by atoms with E-state index in [1.807, 2.05) is 0 Å². The van der Waals surface area contributed by atoms with Crippen molar-refractivity contribution in [2.24, 2.45) is 0 Å². The minimum Gasteiger partial charge on any atom is -0.466 e. The number of methoxy groups -OCH3 is 2. The van der Waals surface area contributed by atoms with Crippen LogP contribution in [0.1, 0.15) is 0 Å². The zero-order chi connectivity index (χ0) is 17.6. The second-order valence-electron chi connectivity index (χ2n) is 3.84. The van der Waals surface area contributed by atoms with Gasteiger partial charge in [0.05, 0.1) is 30.5 Å². The van der Waals surface area contributed by atoms with Gasteiger partial charge in [0.15, 0.2) is 0 Å². The number of rotatable bonds is 6. The molecular formula is C13H11BrF3NO5. The Morgan fingerprint density at radius 1 is 1.26 bits per heavy atom. The van der Waals surface area contributed by atoms with Gasteiger partial charge >= 0.3 is 18.6 Å². The van der Waals surface area contributed by atoms with Gasteiger partial charge in [0.1, 0.15) is 17.3 Å². The Bertz CT molecular complexity index is 636. The summed E-state index contributed by atoms with van der Waals surface area (Å²) in [6, 6.07) is 1.74. The summed E-state index contributed by atoms with van der Waals surface area (Å²) in [5.74, 6) is -3.27. The Morgan fingerprint density at radius 2 is 1.91 bits per heavy atom. The number of nitrogens with one attached hydrogen (secondary N) is 1. The summed E-state index contributed by atoms with van der Waals surface area (Å²) in [5.41, 5.74) is -0.688. The minimum atomic E-state index is -3.13. The molecule has 0 aliphatic carbocycles. The molecule has 0 spiro atoms. The average Bonchev–Trinajstić information content (AvgIpc) is 2.49. The van der Waals surface area contributed by atoms with Crippen molar-refractivity contribution in [3.05, 3.63) is 34.2 Å². The van der Waals surface area contributed by atoms with E-state index in [9.17, 15) is 22.8 Å². The van der Waals surface area contributed by atoms with Crippen molar-refractivity contribution in [2.45, 2.75) is 6.61 Å². The molecule has 126 valence electrons. The lowest BCUT2D eigenvalue weighted by atomic mass is 10.2. The van der Waals surface area contributed by atoms with E-state index in [1.165, 1.54) is 0 Å². The summed E-state index contributed by atoms with van der Waals surface area (Å²) < 4.78 is 51.2. The van der Waals surface area contributed by atoms with Crippen LogP contribution < -0.4 is 10.1 Å². The summed E-state index contributed by atoms with van der Waals surface area (Å²) in [4.78, 5) is 22.8. The first-order valence-corrected chi connectivity index (χ1v) is 6.66. The molecule has 0 amide bonds. The molecule has 0 heterocycles. The van der Waals surface area contributed by atoms with Crippen LogP contribution in [0.5, 0.6) is 5.75 Å². The summed E-state index contributed by atoms with van der Waals surface area (Å²) >= 11 is 2.93. The van der Waals surface area contributed by atoms with E-state index in [2.05, 4.69) is 35.5 Å². The zero-order valence-corrected chi connectivity index (χ0v) is 13.4. The third-order valence-corrected chi connectivity index (χ3v) is 3.00. The van der Waals surface area contributed by atoms with Gasteiger partial charge in [-0.15, -0.1) is 0 Å². The van der Waals surface area contributed by atoms with E-state index in [0.717, 1.165) is 26.4 Å². The van der Waals surface area contributed by atoms with E-state index < -0.39 is 35.8 Å². The molecule has 1 aromatic rings. The van der Waals surface area contributed by atoms with Gasteiger partial charge in [0, 0.05) is 6.07 Å². The lowest BCUT2D eigenvalue weighted by Gasteiger charge is -2.13. The minimum absolute atomic E-state index is 0.00369. The molecule has 10 heteroatoms. The highest BCUT2D eigenvalue weighted by molar-refractivity contribution is 9.10. The van der Waals surface area contributed by atoms with Crippen LogP contribution in [-0.4, -0.2) is 32.8 Å². The Morgan fingerprint density at radius 3 is 2.43 bits per heavy atom. The molecule has 0 unspecified atom stereocenters. The third-order valence-electron chi connectivity index (χ3n) is 2.38. The Balaban J connectivity index is 3.14. The first kappa shape index (κ1) is 18.8. The highest BCUT2D eigenvalue weighted by Crippen LogP contribution is 2.32. The molecule has 0 saturated heterocycles. The van der Waals surface area contributed by atoms with E-state index in [1.54, 1.807) is 0 Å². The Kier molecular flexibility index (Phi) is 6.89. The maximum Gasteiger partial charge on any atom is 0.387 e. The molecule has 1 N–H and O–H groups in total. The normalized spacial score (nSPS) is 11.2. The van der Waals surface area contributed by atoms with Crippen molar-refractivity contribution < 1.29 is 37.0 Å². The van der Waals surface area contributed by atoms with Crippen LogP contribution in [0.25, 0.3) is 0 Å². The Labute approximate surface area is 137 Å². The van der Waals surface area contributed by atoms with Gasteiger partial charge in [-0.05, 0) is 22.0 Å². The highest BCUT2D eigenvalue weighted by Gasteiger charge is 2.18. The molecule has 0 fully saturated rings. The van der Waals surface area contributed by atoms with E-state index >= 15 is 0 Å². The van der Waals surface area contributed by atoms with Crippen molar-refractivity contribution in [3.8, 4) is 5.75 Å². The first-order valence-electron chi connectivity index (χ1n) is 5.87. The molecular weight excluding hydrogens is 387 g/mol. The number of carbonyl (C=O) groups is 2. The maximum atomic E-state index is 13.9. The molecule has 23 heavy (non-hydrogen) atoms. The predicted molar refractivity (Wildman–Crippen MR) is 76.5 cm³/mol. The van der Waals surface area contributed by atoms with E-state index in [-0.39, 0.29) is 10.2 Å². The van der Waals surface area contributed by atoms with Gasteiger partial charge in [-0.2, -0.15) is 8.78 Å². The van der Waals surface area contributed by atoms with Crippen LogP contribution in [0, 0.1) is 5.82 Å². The molecule has 0 saturated carbocycles. The van der Waals surface area contributed by atoms with Gasteiger partial charge in [-0.1, -0.05) is 0 Å². The number of esters is 2. The predicted octanol–water partition coefficient (Wildman–Crippen LogP) is 2.83. The van der Waals surface area contributed by atoms with E-state index in [0.29, 0.717) is 6.07 Å². The molecule has 1 rings (SSSR count).